The highest BCUT2D eigenvalue weighted by molar-refractivity contribution is 5.75. The molecule has 1 saturated carbocycles. The maximum atomic E-state index is 12.4. The van der Waals surface area contributed by atoms with E-state index >= 15 is 0 Å². The Bertz CT molecular complexity index is 778. The lowest BCUT2D eigenvalue weighted by molar-refractivity contribution is -0.149. The standard InChI is InChI=1S/C17H16N2O3/c20-14-6-9-18-16-17(7-8-17)10-13(19(14)16)15(21)22-11-12-4-2-1-3-5-12/h1-6,9,13H,7-8,10-11H2/t13-/m0/s1. The van der Waals surface area contributed by atoms with Crippen molar-refractivity contribution in [1.29, 1.82) is 0 Å². The lowest BCUT2D eigenvalue weighted by Crippen LogP contribution is -2.28. The molecule has 0 unspecified atom stereocenters. The highest BCUT2D eigenvalue weighted by Crippen LogP contribution is 2.56. The van der Waals surface area contributed by atoms with Crippen LogP contribution in [0.4, 0.5) is 0 Å². The first-order valence-electron chi connectivity index (χ1n) is 7.48. The second kappa shape index (κ2) is 4.80. The first kappa shape index (κ1) is 13.2. The number of fused-ring (bicyclic) bond motifs is 2. The molecular weight excluding hydrogens is 280 g/mol. The Balaban J connectivity index is 1.57. The molecule has 1 aromatic carbocycles. The topological polar surface area (TPSA) is 61.2 Å². The van der Waals surface area contributed by atoms with Crippen molar-refractivity contribution >= 4 is 5.97 Å². The van der Waals surface area contributed by atoms with E-state index < -0.39 is 6.04 Å². The molecule has 5 heteroatoms. The molecule has 4 rings (SSSR count). The molecule has 1 aromatic heterocycles. The van der Waals surface area contributed by atoms with Crippen LogP contribution in [0.15, 0.2) is 47.4 Å². The number of rotatable bonds is 3. The highest BCUT2D eigenvalue weighted by Gasteiger charge is 2.56. The van der Waals surface area contributed by atoms with E-state index in [4.69, 9.17) is 4.74 Å². The summed E-state index contributed by atoms with van der Waals surface area (Å²) in [5.74, 6) is 0.408. The summed E-state index contributed by atoms with van der Waals surface area (Å²) in [5.41, 5.74) is 0.695. The third-order valence-corrected chi connectivity index (χ3v) is 4.60. The number of benzene rings is 1. The maximum Gasteiger partial charge on any atom is 0.329 e. The van der Waals surface area contributed by atoms with E-state index in [2.05, 4.69) is 4.98 Å². The van der Waals surface area contributed by atoms with Crippen LogP contribution in [0.2, 0.25) is 0 Å². The molecule has 1 aliphatic carbocycles. The molecule has 0 saturated heterocycles. The second-order valence-electron chi connectivity index (χ2n) is 6.07. The molecular formula is C17H16N2O3. The summed E-state index contributed by atoms with van der Waals surface area (Å²) in [7, 11) is 0. The Morgan fingerprint density at radius 3 is 2.77 bits per heavy atom. The van der Waals surface area contributed by atoms with E-state index in [0.29, 0.717) is 6.42 Å². The van der Waals surface area contributed by atoms with E-state index in [-0.39, 0.29) is 23.6 Å². The molecule has 1 fully saturated rings. The van der Waals surface area contributed by atoms with Gasteiger partial charge in [0.2, 0.25) is 0 Å². The first-order valence-corrected chi connectivity index (χ1v) is 7.48. The SMILES string of the molecule is O=C(OCc1ccccc1)[C@@H]1CC2(CC2)c2nccc(=O)n21. The molecule has 1 aliphatic heterocycles. The van der Waals surface area contributed by atoms with Crippen LogP contribution >= 0.6 is 0 Å². The molecule has 1 spiro atoms. The fourth-order valence-electron chi connectivity index (χ4n) is 3.26. The minimum atomic E-state index is -0.539. The average Bonchev–Trinajstić information content (AvgIpc) is 3.24. The number of esters is 1. The summed E-state index contributed by atoms with van der Waals surface area (Å²) in [6.07, 6.45) is 4.15. The van der Waals surface area contributed by atoms with Crippen LogP contribution in [-0.4, -0.2) is 15.5 Å². The molecule has 0 amide bonds. The maximum absolute atomic E-state index is 12.4. The normalized spacial score (nSPS) is 20.6. The lowest BCUT2D eigenvalue weighted by Gasteiger charge is -2.13. The number of hydrogen-bond donors (Lipinski definition) is 0. The molecule has 2 aliphatic rings. The van der Waals surface area contributed by atoms with Gasteiger partial charge in [-0.25, -0.2) is 9.78 Å². The number of aromatic nitrogens is 2. The van der Waals surface area contributed by atoms with E-state index in [1.54, 1.807) is 0 Å². The minimum Gasteiger partial charge on any atom is -0.459 e. The van der Waals surface area contributed by atoms with Crippen LogP contribution in [0.5, 0.6) is 0 Å². The van der Waals surface area contributed by atoms with Gasteiger partial charge in [-0.15, -0.1) is 0 Å². The summed E-state index contributed by atoms with van der Waals surface area (Å²) in [6, 6.07) is 10.4. The van der Waals surface area contributed by atoms with Gasteiger partial charge in [0.15, 0.2) is 0 Å². The lowest BCUT2D eigenvalue weighted by atomic mass is 10.0. The van der Waals surface area contributed by atoms with Crippen molar-refractivity contribution in [3.05, 3.63) is 64.3 Å². The Morgan fingerprint density at radius 2 is 2.05 bits per heavy atom. The fraction of sp³-hybridized carbons (Fsp3) is 0.353. The zero-order valence-corrected chi connectivity index (χ0v) is 12.1. The fourth-order valence-corrected chi connectivity index (χ4v) is 3.26. The molecule has 2 heterocycles. The van der Waals surface area contributed by atoms with Gasteiger partial charge < -0.3 is 4.74 Å². The van der Waals surface area contributed by atoms with Gasteiger partial charge in [-0.3, -0.25) is 9.36 Å². The average molecular weight is 296 g/mol. The van der Waals surface area contributed by atoms with Crippen LogP contribution in [0.1, 0.15) is 36.7 Å². The van der Waals surface area contributed by atoms with E-state index in [1.165, 1.54) is 16.8 Å². The number of carbonyl (C=O) groups excluding carboxylic acids is 1. The van der Waals surface area contributed by atoms with Crippen LogP contribution in [0.3, 0.4) is 0 Å². The molecule has 0 N–H and O–H groups in total. The smallest absolute Gasteiger partial charge is 0.329 e. The quantitative estimate of drug-likeness (QED) is 0.812. The predicted octanol–water partition coefficient (Wildman–Crippen LogP) is 1.96. The van der Waals surface area contributed by atoms with Crippen LogP contribution in [-0.2, 0) is 21.6 Å². The molecule has 5 nitrogen and oxygen atoms in total. The summed E-state index contributed by atoms with van der Waals surface area (Å²) >= 11 is 0. The summed E-state index contributed by atoms with van der Waals surface area (Å²) in [6.45, 7) is 0.230. The van der Waals surface area contributed by atoms with Gasteiger partial charge in [-0.1, -0.05) is 30.3 Å². The van der Waals surface area contributed by atoms with Crippen LogP contribution < -0.4 is 5.56 Å². The predicted molar refractivity (Wildman–Crippen MR) is 79.3 cm³/mol. The van der Waals surface area contributed by atoms with Crippen molar-refractivity contribution < 1.29 is 9.53 Å². The van der Waals surface area contributed by atoms with Crippen LogP contribution in [0, 0.1) is 0 Å². The second-order valence-corrected chi connectivity index (χ2v) is 6.07. The van der Waals surface area contributed by atoms with Gasteiger partial charge >= 0.3 is 5.97 Å². The van der Waals surface area contributed by atoms with Crippen molar-refractivity contribution in [3.8, 4) is 0 Å². The van der Waals surface area contributed by atoms with Crippen molar-refractivity contribution in [2.45, 2.75) is 37.3 Å². The third-order valence-electron chi connectivity index (χ3n) is 4.60. The van der Waals surface area contributed by atoms with Gasteiger partial charge in [-0.05, 0) is 24.8 Å². The summed E-state index contributed by atoms with van der Waals surface area (Å²) in [4.78, 5) is 28.9. The van der Waals surface area contributed by atoms with Crippen molar-refractivity contribution in [1.82, 2.24) is 9.55 Å². The zero-order chi connectivity index (χ0) is 15.2. The van der Waals surface area contributed by atoms with Crippen molar-refractivity contribution in [2.75, 3.05) is 0 Å². The highest BCUT2D eigenvalue weighted by atomic mass is 16.5. The molecule has 2 aromatic rings. The Morgan fingerprint density at radius 1 is 1.27 bits per heavy atom. The largest absolute Gasteiger partial charge is 0.459 e. The molecule has 1 atom stereocenters. The van der Waals surface area contributed by atoms with Gasteiger partial charge in [0.25, 0.3) is 5.56 Å². The van der Waals surface area contributed by atoms with Gasteiger partial charge in [0, 0.05) is 17.7 Å². The molecule has 0 bridgehead atoms. The zero-order valence-electron chi connectivity index (χ0n) is 12.1. The number of nitrogens with zero attached hydrogens (tertiary/aromatic N) is 2. The van der Waals surface area contributed by atoms with E-state index in [9.17, 15) is 9.59 Å². The first-order chi connectivity index (χ1) is 10.7. The van der Waals surface area contributed by atoms with Crippen molar-refractivity contribution in [2.24, 2.45) is 0 Å². The molecule has 22 heavy (non-hydrogen) atoms. The summed E-state index contributed by atoms with van der Waals surface area (Å²) < 4.78 is 6.95. The Kier molecular flexibility index (Phi) is 2.89. The number of carbonyl (C=O) groups is 1. The van der Waals surface area contributed by atoms with Gasteiger partial charge in [-0.2, -0.15) is 0 Å². The molecule has 112 valence electrons. The van der Waals surface area contributed by atoms with Crippen LogP contribution in [0.25, 0.3) is 0 Å². The van der Waals surface area contributed by atoms with Gasteiger partial charge in [0.1, 0.15) is 18.5 Å². The minimum absolute atomic E-state index is 0.0726. The van der Waals surface area contributed by atoms with E-state index in [0.717, 1.165) is 24.2 Å². The third kappa shape index (κ3) is 2.04. The number of ether oxygens (including phenoxy) is 1. The van der Waals surface area contributed by atoms with E-state index in [1.807, 2.05) is 30.3 Å². The van der Waals surface area contributed by atoms with Gasteiger partial charge in [0.05, 0.1) is 0 Å². The number of hydrogen-bond acceptors (Lipinski definition) is 4. The Hall–Kier alpha value is -2.43. The molecule has 0 radical (unpaired) electrons. The van der Waals surface area contributed by atoms with Crippen molar-refractivity contribution in [3.63, 3.8) is 0 Å². The summed E-state index contributed by atoms with van der Waals surface area (Å²) in [5, 5.41) is 0. The monoisotopic (exact) mass is 296 g/mol. The Labute approximate surface area is 127 Å².